The molecule has 1 rings (SSSR count). The third-order valence-electron chi connectivity index (χ3n) is 3.08. The first kappa shape index (κ1) is 15.2. The van der Waals surface area contributed by atoms with Crippen LogP contribution in [0.15, 0.2) is 30.3 Å². The van der Waals surface area contributed by atoms with Gasteiger partial charge in [0.2, 0.25) is 11.8 Å². The number of rotatable bonds is 6. The summed E-state index contributed by atoms with van der Waals surface area (Å²) in [6, 6.07) is 8.77. The lowest BCUT2D eigenvalue weighted by atomic mass is 10.1. The predicted octanol–water partition coefficient (Wildman–Crippen LogP) is 2.12. The second-order valence-corrected chi connectivity index (χ2v) is 4.28. The van der Waals surface area contributed by atoms with Crippen LogP contribution in [0.2, 0.25) is 0 Å². The Hall–Kier alpha value is -1.84. The van der Waals surface area contributed by atoms with E-state index in [2.05, 4.69) is 5.32 Å². The fourth-order valence-corrected chi connectivity index (χ4v) is 1.91. The number of amides is 2. The first-order valence-corrected chi connectivity index (χ1v) is 6.77. The average Bonchev–Trinajstić information content (AvgIpc) is 2.46. The van der Waals surface area contributed by atoms with Crippen LogP contribution in [0.5, 0.6) is 0 Å². The number of nitrogens with zero attached hydrogens (tertiary/aromatic N) is 1. The van der Waals surface area contributed by atoms with Crippen LogP contribution >= 0.6 is 0 Å². The number of likely N-dealkylation sites (N-methyl/N-ethyl adjacent to an activating group) is 1. The lowest BCUT2D eigenvalue weighted by Gasteiger charge is -2.26. The summed E-state index contributed by atoms with van der Waals surface area (Å²) in [5.74, 6) is -0.174. The van der Waals surface area contributed by atoms with Crippen molar-refractivity contribution < 1.29 is 9.59 Å². The molecular formula is C15H22N2O2. The number of benzene rings is 1. The zero-order valence-electron chi connectivity index (χ0n) is 11.8. The van der Waals surface area contributed by atoms with Crippen LogP contribution in [-0.4, -0.2) is 29.8 Å². The van der Waals surface area contributed by atoms with Gasteiger partial charge in [-0.25, -0.2) is 0 Å². The Kier molecular flexibility index (Phi) is 6.06. The molecule has 4 heteroatoms. The molecule has 0 aromatic heterocycles. The molecule has 1 aromatic rings. The van der Waals surface area contributed by atoms with Crippen molar-refractivity contribution in [3.05, 3.63) is 35.9 Å². The third kappa shape index (κ3) is 4.09. The van der Waals surface area contributed by atoms with Crippen molar-refractivity contribution in [3.8, 4) is 0 Å². The van der Waals surface area contributed by atoms with Crippen LogP contribution in [0.1, 0.15) is 38.8 Å². The molecule has 0 aliphatic heterocycles. The van der Waals surface area contributed by atoms with Crippen molar-refractivity contribution in [1.29, 1.82) is 0 Å². The van der Waals surface area contributed by atoms with Crippen molar-refractivity contribution >= 4 is 11.8 Å². The number of carbonyl (C=O) groups excluding carboxylic acids is 2. The maximum atomic E-state index is 12.5. The molecule has 0 saturated carbocycles. The van der Waals surface area contributed by atoms with E-state index in [1.165, 1.54) is 0 Å². The van der Waals surface area contributed by atoms with E-state index in [9.17, 15) is 9.59 Å². The highest BCUT2D eigenvalue weighted by molar-refractivity contribution is 5.88. The van der Waals surface area contributed by atoms with E-state index < -0.39 is 6.04 Å². The normalized spacial score (nSPS) is 11.7. The van der Waals surface area contributed by atoms with E-state index in [0.29, 0.717) is 19.5 Å². The lowest BCUT2D eigenvalue weighted by Crippen LogP contribution is -2.42. The SMILES string of the molecule is CCC(=O)N[C@H](C(=O)N(CC)CC)c1ccccc1. The Balaban J connectivity index is 2.98. The zero-order chi connectivity index (χ0) is 14.3. The van der Waals surface area contributed by atoms with Gasteiger partial charge in [0.15, 0.2) is 0 Å². The number of hydrogen-bond acceptors (Lipinski definition) is 2. The van der Waals surface area contributed by atoms with Gasteiger partial charge in [-0.3, -0.25) is 9.59 Å². The van der Waals surface area contributed by atoms with Crippen LogP contribution in [0.3, 0.4) is 0 Å². The molecule has 4 nitrogen and oxygen atoms in total. The van der Waals surface area contributed by atoms with Gasteiger partial charge in [-0.15, -0.1) is 0 Å². The Bertz CT molecular complexity index is 413. The summed E-state index contributed by atoms with van der Waals surface area (Å²) in [6.07, 6.45) is 0.370. The first-order valence-electron chi connectivity index (χ1n) is 6.77. The molecule has 0 unspecified atom stereocenters. The van der Waals surface area contributed by atoms with Gasteiger partial charge in [-0.05, 0) is 19.4 Å². The minimum absolute atomic E-state index is 0.0574. The first-order chi connectivity index (χ1) is 9.13. The quantitative estimate of drug-likeness (QED) is 0.853. The van der Waals surface area contributed by atoms with Gasteiger partial charge >= 0.3 is 0 Å². The Labute approximate surface area is 114 Å². The zero-order valence-corrected chi connectivity index (χ0v) is 11.8. The smallest absolute Gasteiger partial charge is 0.249 e. The van der Waals surface area contributed by atoms with Crippen LogP contribution in [0.25, 0.3) is 0 Å². The minimum atomic E-state index is -0.589. The van der Waals surface area contributed by atoms with Crippen LogP contribution in [0.4, 0.5) is 0 Å². The second kappa shape index (κ2) is 7.56. The van der Waals surface area contributed by atoms with Gasteiger partial charge in [-0.2, -0.15) is 0 Å². The number of hydrogen-bond donors (Lipinski definition) is 1. The molecule has 19 heavy (non-hydrogen) atoms. The second-order valence-electron chi connectivity index (χ2n) is 4.28. The Morgan fingerprint density at radius 1 is 1.11 bits per heavy atom. The molecule has 0 heterocycles. The van der Waals surface area contributed by atoms with Gasteiger partial charge in [0.1, 0.15) is 6.04 Å². The summed E-state index contributed by atoms with van der Waals surface area (Å²) in [5, 5.41) is 2.80. The molecular weight excluding hydrogens is 240 g/mol. The average molecular weight is 262 g/mol. The Morgan fingerprint density at radius 3 is 2.16 bits per heavy atom. The molecule has 104 valence electrons. The molecule has 0 aliphatic rings. The monoisotopic (exact) mass is 262 g/mol. The third-order valence-corrected chi connectivity index (χ3v) is 3.08. The van der Waals surface area contributed by atoms with Crippen LogP contribution < -0.4 is 5.32 Å². The van der Waals surface area contributed by atoms with E-state index in [0.717, 1.165) is 5.56 Å². The van der Waals surface area contributed by atoms with Gasteiger partial charge in [0.05, 0.1) is 0 Å². The molecule has 0 bridgehead atoms. The topological polar surface area (TPSA) is 49.4 Å². The maximum Gasteiger partial charge on any atom is 0.249 e. The van der Waals surface area contributed by atoms with E-state index in [1.54, 1.807) is 11.8 Å². The van der Waals surface area contributed by atoms with Crippen molar-refractivity contribution in [3.63, 3.8) is 0 Å². The van der Waals surface area contributed by atoms with Crippen molar-refractivity contribution in [2.24, 2.45) is 0 Å². The number of carbonyl (C=O) groups is 2. The largest absolute Gasteiger partial charge is 0.341 e. The Morgan fingerprint density at radius 2 is 1.68 bits per heavy atom. The fraction of sp³-hybridized carbons (Fsp3) is 0.467. The van der Waals surface area contributed by atoms with Crippen LogP contribution in [-0.2, 0) is 9.59 Å². The molecule has 0 aliphatic carbocycles. The standard InChI is InChI=1S/C15H22N2O2/c1-4-13(18)16-14(12-10-8-7-9-11-12)15(19)17(5-2)6-3/h7-11,14H,4-6H2,1-3H3,(H,16,18)/t14-/m0/s1. The molecule has 0 radical (unpaired) electrons. The summed E-state index contributed by atoms with van der Waals surface area (Å²) >= 11 is 0. The highest BCUT2D eigenvalue weighted by Crippen LogP contribution is 2.16. The maximum absolute atomic E-state index is 12.5. The van der Waals surface area contributed by atoms with Gasteiger partial charge in [-0.1, -0.05) is 37.3 Å². The lowest BCUT2D eigenvalue weighted by molar-refractivity contribution is -0.136. The molecule has 1 aromatic carbocycles. The minimum Gasteiger partial charge on any atom is -0.341 e. The molecule has 0 fully saturated rings. The van der Waals surface area contributed by atoms with Crippen molar-refractivity contribution in [1.82, 2.24) is 10.2 Å². The summed E-state index contributed by atoms with van der Waals surface area (Å²) in [7, 11) is 0. The van der Waals surface area contributed by atoms with Gasteiger partial charge < -0.3 is 10.2 Å². The summed E-state index contributed by atoms with van der Waals surface area (Å²) in [4.78, 5) is 25.8. The van der Waals surface area contributed by atoms with E-state index in [1.807, 2.05) is 44.2 Å². The van der Waals surface area contributed by atoms with E-state index >= 15 is 0 Å². The van der Waals surface area contributed by atoms with E-state index in [4.69, 9.17) is 0 Å². The molecule has 1 N–H and O–H groups in total. The molecule has 2 amide bonds. The molecule has 0 saturated heterocycles. The summed E-state index contributed by atoms with van der Waals surface area (Å²) < 4.78 is 0. The van der Waals surface area contributed by atoms with E-state index in [-0.39, 0.29) is 11.8 Å². The molecule has 0 spiro atoms. The van der Waals surface area contributed by atoms with Crippen molar-refractivity contribution in [2.75, 3.05) is 13.1 Å². The fourth-order valence-electron chi connectivity index (χ4n) is 1.91. The van der Waals surface area contributed by atoms with Crippen molar-refractivity contribution in [2.45, 2.75) is 33.2 Å². The summed E-state index contributed by atoms with van der Waals surface area (Å²) in [6.45, 7) is 6.93. The van der Waals surface area contributed by atoms with Gasteiger partial charge in [0, 0.05) is 19.5 Å². The van der Waals surface area contributed by atoms with Gasteiger partial charge in [0.25, 0.3) is 0 Å². The summed E-state index contributed by atoms with van der Waals surface area (Å²) in [5.41, 5.74) is 0.821. The molecule has 1 atom stereocenters. The van der Waals surface area contributed by atoms with Crippen LogP contribution in [0, 0.1) is 0 Å². The highest BCUT2D eigenvalue weighted by Gasteiger charge is 2.25. The highest BCUT2D eigenvalue weighted by atomic mass is 16.2. The number of nitrogens with one attached hydrogen (secondary N) is 1. The predicted molar refractivity (Wildman–Crippen MR) is 75.5 cm³/mol.